The van der Waals surface area contributed by atoms with E-state index >= 15 is 0 Å². The summed E-state index contributed by atoms with van der Waals surface area (Å²) in [5.74, 6) is 0. The van der Waals surface area contributed by atoms with Gasteiger partial charge in [-0.3, -0.25) is 0 Å². The zero-order valence-electron chi connectivity index (χ0n) is 6.64. The molecule has 0 spiro atoms. The molecule has 0 aliphatic rings. The maximum Gasteiger partial charge on any atom is 0.163 e. The van der Waals surface area contributed by atoms with Gasteiger partial charge in [0.25, 0.3) is 0 Å². The van der Waals surface area contributed by atoms with Crippen molar-refractivity contribution in [3.05, 3.63) is 25.8 Å². The minimum absolute atomic E-state index is 0.839. The third kappa shape index (κ3) is 1.05. The van der Waals surface area contributed by atoms with E-state index in [-0.39, 0.29) is 0 Å². The molecule has 0 aliphatic heterocycles. The molecule has 61 valence electrons. The molecule has 2 rings (SSSR count). The first-order valence-electron chi connectivity index (χ1n) is 3.82. The van der Waals surface area contributed by atoms with Crippen molar-refractivity contribution in [3.8, 4) is 0 Å². The molecule has 4 nitrogen and oxygen atoms in total. The number of rotatable bonds is 2. The van der Waals surface area contributed by atoms with E-state index in [1.807, 2.05) is 4.57 Å². The van der Waals surface area contributed by atoms with Gasteiger partial charge < -0.3 is 4.57 Å². The van der Waals surface area contributed by atoms with Crippen molar-refractivity contribution in [2.75, 3.05) is 0 Å². The van der Waals surface area contributed by atoms with Gasteiger partial charge in [0, 0.05) is 6.54 Å². The molecule has 0 N–H and O–H groups in total. The van der Waals surface area contributed by atoms with E-state index in [1.165, 1.54) is 6.33 Å². The maximum absolute atomic E-state index is 4.15. The molecule has 1 radical (unpaired) electrons. The van der Waals surface area contributed by atoms with Crippen molar-refractivity contribution >= 4 is 11.2 Å². The van der Waals surface area contributed by atoms with Gasteiger partial charge in [-0.15, -0.1) is 0 Å². The summed E-state index contributed by atoms with van der Waals surface area (Å²) < 4.78 is 1.98. The highest BCUT2D eigenvalue weighted by Crippen LogP contribution is 2.06. The average molecular weight is 161 g/mol. The lowest BCUT2D eigenvalue weighted by Crippen LogP contribution is -1.95. The zero-order valence-corrected chi connectivity index (χ0v) is 6.64. The Bertz CT molecular complexity index is 379. The first-order chi connectivity index (χ1) is 5.92. The predicted molar refractivity (Wildman–Crippen MR) is 45.3 cm³/mol. The molecule has 0 saturated carbocycles. The number of hydrogen-bond donors (Lipinski definition) is 0. The molecule has 12 heavy (non-hydrogen) atoms. The molecule has 2 aromatic rings. The van der Waals surface area contributed by atoms with Gasteiger partial charge >= 0.3 is 0 Å². The summed E-state index contributed by atoms with van der Waals surface area (Å²) in [5.41, 5.74) is 1.72. The minimum Gasteiger partial charge on any atom is -0.315 e. The molecular formula is C8H9N4. The van der Waals surface area contributed by atoms with Crippen LogP contribution in [-0.2, 0) is 6.54 Å². The molecule has 0 bridgehead atoms. The third-order valence-electron chi connectivity index (χ3n) is 1.68. The summed E-state index contributed by atoms with van der Waals surface area (Å²) in [7, 11) is 0. The van der Waals surface area contributed by atoms with Crippen molar-refractivity contribution in [1.82, 2.24) is 19.5 Å². The van der Waals surface area contributed by atoms with Crippen LogP contribution in [0.5, 0.6) is 0 Å². The smallest absolute Gasteiger partial charge is 0.163 e. The Hall–Kier alpha value is -1.45. The van der Waals surface area contributed by atoms with Gasteiger partial charge in [0.05, 0.1) is 12.5 Å². The van der Waals surface area contributed by atoms with Crippen LogP contribution in [0.25, 0.3) is 11.2 Å². The van der Waals surface area contributed by atoms with E-state index in [2.05, 4.69) is 21.9 Å². The molecule has 2 heterocycles. The number of aromatic nitrogens is 4. The van der Waals surface area contributed by atoms with Crippen molar-refractivity contribution in [2.45, 2.75) is 13.0 Å². The van der Waals surface area contributed by atoms with Gasteiger partial charge in [0.2, 0.25) is 0 Å². The van der Waals surface area contributed by atoms with Crippen molar-refractivity contribution in [1.29, 1.82) is 0 Å². The minimum atomic E-state index is 0.839. The van der Waals surface area contributed by atoms with Crippen molar-refractivity contribution in [3.63, 3.8) is 0 Å². The molecule has 0 atom stereocenters. The molecule has 0 saturated heterocycles. The fourth-order valence-electron chi connectivity index (χ4n) is 1.15. The molecule has 0 amide bonds. The molecule has 0 unspecified atom stereocenters. The second-order valence-corrected chi connectivity index (χ2v) is 2.52. The lowest BCUT2D eigenvalue weighted by atomic mass is 10.5. The zero-order chi connectivity index (χ0) is 8.39. The molecule has 0 fully saturated rings. The van der Waals surface area contributed by atoms with Gasteiger partial charge in [0.15, 0.2) is 5.65 Å². The highest BCUT2D eigenvalue weighted by Gasteiger charge is 2.00. The standard InChI is InChI=1S/C8H9N4/c1-2-3-12-6-11-7-4-9-5-10-8(7)12/h4-6H,1-3H2. The lowest BCUT2D eigenvalue weighted by molar-refractivity contribution is 0.721. The topological polar surface area (TPSA) is 43.6 Å². The summed E-state index contributed by atoms with van der Waals surface area (Å²) in [5, 5.41) is 0. The van der Waals surface area contributed by atoms with Crippen LogP contribution in [0, 0.1) is 6.92 Å². The number of nitrogens with zero attached hydrogens (tertiary/aromatic N) is 4. The number of hydrogen-bond acceptors (Lipinski definition) is 3. The van der Waals surface area contributed by atoms with E-state index in [9.17, 15) is 0 Å². The Morgan fingerprint density at radius 1 is 1.42 bits per heavy atom. The van der Waals surface area contributed by atoms with Gasteiger partial charge in [-0.1, -0.05) is 6.92 Å². The Morgan fingerprint density at radius 3 is 3.17 bits per heavy atom. The summed E-state index contributed by atoms with van der Waals surface area (Å²) >= 11 is 0. The van der Waals surface area contributed by atoms with Crippen LogP contribution in [0.3, 0.4) is 0 Å². The fraction of sp³-hybridized carbons (Fsp3) is 0.250. The largest absolute Gasteiger partial charge is 0.315 e. The third-order valence-corrected chi connectivity index (χ3v) is 1.68. The van der Waals surface area contributed by atoms with Crippen LogP contribution in [0.2, 0.25) is 0 Å². The first kappa shape index (κ1) is 7.21. The average Bonchev–Trinajstić information content (AvgIpc) is 2.50. The van der Waals surface area contributed by atoms with E-state index in [4.69, 9.17) is 0 Å². The Morgan fingerprint density at radius 2 is 2.33 bits per heavy atom. The molecule has 4 heteroatoms. The van der Waals surface area contributed by atoms with Crippen LogP contribution >= 0.6 is 0 Å². The van der Waals surface area contributed by atoms with Crippen LogP contribution in [0.15, 0.2) is 18.9 Å². The predicted octanol–water partition coefficient (Wildman–Crippen LogP) is 1.05. The van der Waals surface area contributed by atoms with Crippen molar-refractivity contribution in [2.24, 2.45) is 0 Å². The molecule has 0 aromatic carbocycles. The van der Waals surface area contributed by atoms with Crippen LogP contribution in [0.4, 0.5) is 0 Å². The second-order valence-electron chi connectivity index (χ2n) is 2.52. The van der Waals surface area contributed by atoms with Crippen LogP contribution < -0.4 is 0 Å². The number of fused-ring (bicyclic) bond motifs is 1. The monoisotopic (exact) mass is 161 g/mol. The van der Waals surface area contributed by atoms with Gasteiger partial charge in [-0.05, 0) is 6.42 Å². The Balaban J connectivity index is 2.55. The summed E-state index contributed by atoms with van der Waals surface area (Å²) in [6.45, 7) is 4.63. The quantitative estimate of drug-likeness (QED) is 0.661. The summed E-state index contributed by atoms with van der Waals surface area (Å²) in [6, 6.07) is 0. The Kier molecular flexibility index (Phi) is 1.74. The normalized spacial score (nSPS) is 10.8. The highest BCUT2D eigenvalue weighted by atomic mass is 15.1. The number of aryl methyl sites for hydroxylation is 1. The van der Waals surface area contributed by atoms with E-state index in [0.29, 0.717) is 0 Å². The Labute approximate surface area is 70.3 Å². The second kappa shape index (κ2) is 2.89. The SMILES string of the molecule is [CH2]CCn1cnc2cncnc21. The van der Waals surface area contributed by atoms with E-state index < -0.39 is 0 Å². The fourth-order valence-corrected chi connectivity index (χ4v) is 1.15. The van der Waals surface area contributed by atoms with Crippen molar-refractivity contribution < 1.29 is 0 Å². The summed E-state index contributed by atoms with van der Waals surface area (Å²) in [4.78, 5) is 12.2. The van der Waals surface area contributed by atoms with Crippen LogP contribution in [-0.4, -0.2) is 19.5 Å². The van der Waals surface area contributed by atoms with E-state index in [1.54, 1.807) is 12.5 Å². The molecule has 2 aromatic heterocycles. The lowest BCUT2D eigenvalue weighted by Gasteiger charge is -1.97. The maximum atomic E-state index is 4.15. The van der Waals surface area contributed by atoms with Gasteiger partial charge in [0.1, 0.15) is 11.8 Å². The number of imidazole rings is 1. The highest BCUT2D eigenvalue weighted by molar-refractivity contribution is 5.68. The molecule has 0 aliphatic carbocycles. The first-order valence-corrected chi connectivity index (χ1v) is 3.82. The summed E-state index contributed by atoms with van der Waals surface area (Å²) in [6.07, 6.45) is 5.85. The van der Waals surface area contributed by atoms with E-state index in [0.717, 1.165) is 24.1 Å². The van der Waals surface area contributed by atoms with Gasteiger partial charge in [-0.25, -0.2) is 15.0 Å². The molecular weight excluding hydrogens is 152 g/mol. The van der Waals surface area contributed by atoms with Crippen LogP contribution in [0.1, 0.15) is 6.42 Å². The van der Waals surface area contributed by atoms with Gasteiger partial charge in [-0.2, -0.15) is 0 Å².